The second-order valence-corrected chi connectivity index (χ2v) is 8.24. The summed E-state index contributed by atoms with van der Waals surface area (Å²) in [4.78, 5) is 19.1. The second kappa shape index (κ2) is 9.24. The van der Waals surface area contributed by atoms with E-state index in [9.17, 15) is 4.79 Å². The van der Waals surface area contributed by atoms with Gasteiger partial charge < -0.3 is 15.0 Å². The van der Waals surface area contributed by atoms with Gasteiger partial charge in [0, 0.05) is 43.3 Å². The standard InChI is InChI=1S/C21H29N3O2S/c1-16-15-20(27-17(16)2)21(25)22-9-4-10-23-11-13-24(14-12-23)18-5-7-19(26-3)8-6-18/h5-8,15H,4,9-14H2,1-3H3,(H,22,25). The third kappa shape index (κ3) is 5.23. The maximum absolute atomic E-state index is 12.2. The average Bonchev–Trinajstić information content (AvgIpc) is 3.04. The van der Waals surface area contributed by atoms with Gasteiger partial charge >= 0.3 is 0 Å². The molecule has 2 aromatic rings. The van der Waals surface area contributed by atoms with Gasteiger partial charge in [-0.3, -0.25) is 9.69 Å². The molecule has 0 spiro atoms. The Morgan fingerprint density at radius 3 is 2.44 bits per heavy atom. The number of rotatable bonds is 7. The molecule has 0 aliphatic carbocycles. The highest BCUT2D eigenvalue weighted by molar-refractivity contribution is 7.14. The van der Waals surface area contributed by atoms with Crippen molar-refractivity contribution < 1.29 is 9.53 Å². The number of thiophene rings is 1. The van der Waals surface area contributed by atoms with Crippen LogP contribution in [-0.2, 0) is 0 Å². The number of benzene rings is 1. The van der Waals surface area contributed by atoms with Crippen LogP contribution >= 0.6 is 11.3 Å². The molecule has 1 aromatic heterocycles. The number of hydrogen-bond donors (Lipinski definition) is 1. The van der Waals surface area contributed by atoms with Gasteiger partial charge in [-0.2, -0.15) is 0 Å². The van der Waals surface area contributed by atoms with Crippen LogP contribution in [0.1, 0.15) is 26.5 Å². The minimum Gasteiger partial charge on any atom is -0.497 e. The smallest absolute Gasteiger partial charge is 0.261 e. The van der Waals surface area contributed by atoms with Crippen molar-refractivity contribution in [3.05, 3.63) is 45.6 Å². The van der Waals surface area contributed by atoms with Gasteiger partial charge in [-0.25, -0.2) is 0 Å². The molecule has 1 aromatic carbocycles. The average molecular weight is 388 g/mol. The Hall–Kier alpha value is -2.05. The number of amides is 1. The highest BCUT2D eigenvalue weighted by Crippen LogP contribution is 2.21. The molecule has 6 heteroatoms. The monoisotopic (exact) mass is 387 g/mol. The molecular formula is C21H29N3O2S. The first-order valence-electron chi connectivity index (χ1n) is 9.53. The Morgan fingerprint density at radius 1 is 1.15 bits per heavy atom. The normalized spacial score (nSPS) is 15.0. The van der Waals surface area contributed by atoms with E-state index < -0.39 is 0 Å². The molecule has 0 atom stereocenters. The lowest BCUT2D eigenvalue weighted by atomic mass is 10.2. The van der Waals surface area contributed by atoms with E-state index in [1.807, 2.05) is 25.1 Å². The lowest BCUT2D eigenvalue weighted by Gasteiger charge is -2.36. The molecule has 27 heavy (non-hydrogen) atoms. The van der Waals surface area contributed by atoms with Gasteiger partial charge in [-0.1, -0.05) is 0 Å². The van der Waals surface area contributed by atoms with Crippen LogP contribution in [0.3, 0.4) is 0 Å². The maximum atomic E-state index is 12.2. The van der Waals surface area contributed by atoms with Crippen LogP contribution in [0.25, 0.3) is 0 Å². The molecule has 1 aliphatic heterocycles. The van der Waals surface area contributed by atoms with Crippen molar-refractivity contribution in [2.45, 2.75) is 20.3 Å². The van der Waals surface area contributed by atoms with Crippen molar-refractivity contribution in [1.29, 1.82) is 0 Å². The number of ether oxygens (including phenoxy) is 1. The van der Waals surface area contributed by atoms with Crippen molar-refractivity contribution in [2.24, 2.45) is 0 Å². The highest BCUT2D eigenvalue weighted by atomic mass is 32.1. The zero-order chi connectivity index (χ0) is 19.2. The molecule has 0 bridgehead atoms. The summed E-state index contributed by atoms with van der Waals surface area (Å²) >= 11 is 1.57. The Kier molecular flexibility index (Phi) is 6.74. The Bertz CT molecular complexity index is 730. The molecule has 1 fully saturated rings. The van der Waals surface area contributed by atoms with E-state index in [-0.39, 0.29) is 5.91 Å². The van der Waals surface area contributed by atoms with Crippen molar-refractivity contribution in [1.82, 2.24) is 10.2 Å². The summed E-state index contributed by atoms with van der Waals surface area (Å²) < 4.78 is 5.22. The summed E-state index contributed by atoms with van der Waals surface area (Å²) in [6.07, 6.45) is 0.984. The highest BCUT2D eigenvalue weighted by Gasteiger charge is 2.17. The van der Waals surface area contributed by atoms with Crippen molar-refractivity contribution in [2.75, 3.05) is 51.3 Å². The van der Waals surface area contributed by atoms with E-state index in [0.717, 1.165) is 56.3 Å². The largest absolute Gasteiger partial charge is 0.497 e. The molecule has 1 amide bonds. The summed E-state index contributed by atoms with van der Waals surface area (Å²) in [6.45, 7) is 10.1. The molecule has 1 N–H and O–H groups in total. The zero-order valence-electron chi connectivity index (χ0n) is 16.5. The predicted molar refractivity (Wildman–Crippen MR) is 112 cm³/mol. The molecule has 0 unspecified atom stereocenters. The van der Waals surface area contributed by atoms with Crippen LogP contribution < -0.4 is 15.0 Å². The van der Waals surface area contributed by atoms with Crippen molar-refractivity contribution >= 4 is 22.9 Å². The fourth-order valence-corrected chi connectivity index (χ4v) is 4.25. The van der Waals surface area contributed by atoms with Gasteiger partial charge in [-0.05, 0) is 62.7 Å². The fraction of sp³-hybridized carbons (Fsp3) is 0.476. The maximum Gasteiger partial charge on any atom is 0.261 e. The Morgan fingerprint density at radius 2 is 1.85 bits per heavy atom. The van der Waals surface area contributed by atoms with Gasteiger partial charge in [0.1, 0.15) is 5.75 Å². The summed E-state index contributed by atoms with van der Waals surface area (Å²) in [6, 6.07) is 10.3. The van der Waals surface area contributed by atoms with Gasteiger partial charge in [0.05, 0.1) is 12.0 Å². The predicted octanol–water partition coefficient (Wildman–Crippen LogP) is 3.32. The number of carbonyl (C=O) groups is 1. The molecule has 3 rings (SSSR count). The third-order valence-corrected chi connectivity index (χ3v) is 6.29. The summed E-state index contributed by atoms with van der Waals surface area (Å²) in [5.74, 6) is 0.952. The first-order chi connectivity index (χ1) is 13.1. The van der Waals surface area contributed by atoms with Crippen molar-refractivity contribution in [3.63, 3.8) is 0 Å². The minimum absolute atomic E-state index is 0.0560. The topological polar surface area (TPSA) is 44.8 Å². The molecule has 0 saturated carbocycles. The van der Waals surface area contributed by atoms with E-state index in [1.165, 1.54) is 16.1 Å². The molecule has 0 radical (unpaired) electrons. The van der Waals surface area contributed by atoms with Crippen LogP contribution in [0.4, 0.5) is 5.69 Å². The van der Waals surface area contributed by atoms with E-state index >= 15 is 0 Å². The number of nitrogens with one attached hydrogen (secondary N) is 1. The van der Waals surface area contributed by atoms with Gasteiger partial charge in [0.2, 0.25) is 0 Å². The SMILES string of the molecule is COc1ccc(N2CCN(CCCNC(=O)c3cc(C)c(C)s3)CC2)cc1. The molecule has 5 nitrogen and oxygen atoms in total. The minimum atomic E-state index is 0.0560. The third-order valence-electron chi connectivity index (χ3n) is 5.14. The van der Waals surface area contributed by atoms with Crippen LogP contribution in [0.2, 0.25) is 0 Å². The number of anilines is 1. The number of aryl methyl sites for hydroxylation is 2. The lowest BCUT2D eigenvalue weighted by molar-refractivity contribution is 0.0955. The van der Waals surface area contributed by atoms with Crippen LogP contribution in [0, 0.1) is 13.8 Å². The first kappa shape index (κ1) is 19.7. The second-order valence-electron chi connectivity index (χ2n) is 6.99. The van der Waals surface area contributed by atoms with Crippen LogP contribution in [-0.4, -0.2) is 57.2 Å². The Balaban J connectivity index is 1.35. The number of nitrogens with zero attached hydrogens (tertiary/aromatic N) is 2. The fourth-order valence-electron chi connectivity index (χ4n) is 3.30. The molecule has 1 saturated heterocycles. The van der Waals surface area contributed by atoms with E-state index in [1.54, 1.807) is 18.4 Å². The number of piperazine rings is 1. The number of hydrogen-bond acceptors (Lipinski definition) is 5. The molecular weight excluding hydrogens is 358 g/mol. The molecule has 146 valence electrons. The molecule has 1 aliphatic rings. The number of methoxy groups -OCH3 is 1. The first-order valence-corrected chi connectivity index (χ1v) is 10.3. The molecule has 2 heterocycles. The van der Waals surface area contributed by atoms with Gasteiger partial charge in [-0.15, -0.1) is 11.3 Å². The van der Waals surface area contributed by atoms with E-state index in [2.05, 4.69) is 34.2 Å². The summed E-state index contributed by atoms with van der Waals surface area (Å²) in [5, 5.41) is 3.05. The van der Waals surface area contributed by atoms with Crippen molar-refractivity contribution in [3.8, 4) is 5.75 Å². The quantitative estimate of drug-likeness (QED) is 0.741. The number of carbonyl (C=O) groups excluding carboxylic acids is 1. The van der Waals surface area contributed by atoms with E-state index in [4.69, 9.17) is 4.74 Å². The van der Waals surface area contributed by atoms with Gasteiger partial charge in [0.15, 0.2) is 0 Å². The van der Waals surface area contributed by atoms with Crippen LogP contribution in [0.15, 0.2) is 30.3 Å². The van der Waals surface area contributed by atoms with Gasteiger partial charge in [0.25, 0.3) is 5.91 Å². The lowest BCUT2D eigenvalue weighted by Crippen LogP contribution is -2.47. The van der Waals surface area contributed by atoms with E-state index in [0.29, 0.717) is 0 Å². The zero-order valence-corrected chi connectivity index (χ0v) is 17.3. The summed E-state index contributed by atoms with van der Waals surface area (Å²) in [5.41, 5.74) is 2.45. The Labute approximate surface area is 165 Å². The summed E-state index contributed by atoms with van der Waals surface area (Å²) in [7, 11) is 1.69. The van der Waals surface area contributed by atoms with Crippen LogP contribution in [0.5, 0.6) is 5.75 Å².